The van der Waals surface area contributed by atoms with Gasteiger partial charge in [0.1, 0.15) is 0 Å². The molecule has 3 unspecified atom stereocenters. The van der Waals surface area contributed by atoms with Gasteiger partial charge in [0.15, 0.2) is 0 Å². The Bertz CT molecular complexity index is 276. The van der Waals surface area contributed by atoms with Crippen LogP contribution >= 0.6 is 0 Å². The molecule has 0 aliphatic carbocycles. The first kappa shape index (κ1) is 17.5. The molecule has 0 spiro atoms. The van der Waals surface area contributed by atoms with Crippen molar-refractivity contribution in [3.63, 3.8) is 0 Å². The topological polar surface area (TPSA) is 81.7 Å². The van der Waals surface area contributed by atoms with Gasteiger partial charge in [-0.3, -0.25) is 10.2 Å². The fraction of sp³-hybridized carbons (Fsp3) is 0.909. The van der Waals surface area contributed by atoms with E-state index in [4.69, 9.17) is 0 Å². The summed E-state index contributed by atoms with van der Waals surface area (Å²) >= 11 is 0. The molecule has 7 heteroatoms. The van der Waals surface area contributed by atoms with E-state index in [-0.39, 0.29) is 11.9 Å². The van der Waals surface area contributed by atoms with Gasteiger partial charge in [0.2, 0.25) is 5.91 Å². The van der Waals surface area contributed by atoms with E-state index in [0.29, 0.717) is 19.5 Å². The molecule has 0 bridgehead atoms. The van der Waals surface area contributed by atoms with Gasteiger partial charge < -0.3 is 5.11 Å². The van der Waals surface area contributed by atoms with E-state index in [9.17, 15) is 14.1 Å². The smallest absolute Gasteiger partial charge is 0.231 e. The summed E-state index contributed by atoms with van der Waals surface area (Å²) in [7, 11) is -1.16. The first-order valence-electron chi connectivity index (χ1n) is 6.20. The number of hydrazine groups is 1. The molecule has 0 aromatic carbocycles. The van der Waals surface area contributed by atoms with Crippen LogP contribution in [0.5, 0.6) is 0 Å². The average molecular weight is 279 g/mol. The summed E-state index contributed by atoms with van der Waals surface area (Å²) in [6.45, 7) is 6.33. The Labute approximate surface area is 112 Å². The van der Waals surface area contributed by atoms with Gasteiger partial charge in [0.05, 0.1) is 17.1 Å². The fourth-order valence-corrected chi connectivity index (χ4v) is 2.44. The largest absolute Gasteiger partial charge is 0.390 e. The highest BCUT2D eigenvalue weighted by atomic mass is 32.2. The van der Waals surface area contributed by atoms with Crippen LogP contribution in [0.3, 0.4) is 0 Å². The zero-order valence-corrected chi connectivity index (χ0v) is 12.4. The SMILES string of the molecule is CCCN(CC(O)C(CC)NS(C)=O)NC(C)=O. The van der Waals surface area contributed by atoms with Crippen molar-refractivity contribution < 1.29 is 14.1 Å². The Morgan fingerprint density at radius 1 is 1.44 bits per heavy atom. The van der Waals surface area contributed by atoms with E-state index in [1.165, 1.54) is 13.2 Å². The highest BCUT2D eigenvalue weighted by molar-refractivity contribution is 7.82. The minimum atomic E-state index is -1.16. The summed E-state index contributed by atoms with van der Waals surface area (Å²) in [4.78, 5) is 11.0. The lowest BCUT2D eigenvalue weighted by Gasteiger charge is -2.28. The molecule has 18 heavy (non-hydrogen) atoms. The lowest BCUT2D eigenvalue weighted by molar-refractivity contribution is -0.124. The third kappa shape index (κ3) is 7.75. The minimum absolute atomic E-state index is 0.157. The molecule has 0 aliphatic rings. The fourth-order valence-electron chi connectivity index (χ4n) is 1.69. The molecule has 0 saturated carbocycles. The van der Waals surface area contributed by atoms with Gasteiger partial charge in [0.25, 0.3) is 0 Å². The van der Waals surface area contributed by atoms with E-state index >= 15 is 0 Å². The maximum absolute atomic E-state index is 11.1. The Morgan fingerprint density at radius 3 is 2.44 bits per heavy atom. The van der Waals surface area contributed by atoms with Crippen LogP contribution in [0.4, 0.5) is 0 Å². The van der Waals surface area contributed by atoms with Crippen LogP contribution in [-0.4, -0.2) is 51.7 Å². The number of rotatable bonds is 9. The van der Waals surface area contributed by atoms with E-state index < -0.39 is 17.1 Å². The molecular weight excluding hydrogens is 254 g/mol. The van der Waals surface area contributed by atoms with Crippen LogP contribution < -0.4 is 10.1 Å². The molecule has 6 nitrogen and oxygen atoms in total. The van der Waals surface area contributed by atoms with Crippen molar-refractivity contribution in [2.45, 2.75) is 45.8 Å². The van der Waals surface area contributed by atoms with Crippen molar-refractivity contribution in [3.05, 3.63) is 0 Å². The van der Waals surface area contributed by atoms with Crippen molar-refractivity contribution in [1.29, 1.82) is 0 Å². The number of hydrogen-bond acceptors (Lipinski definition) is 4. The highest BCUT2D eigenvalue weighted by Gasteiger charge is 2.21. The van der Waals surface area contributed by atoms with Crippen LogP contribution in [0.15, 0.2) is 0 Å². The number of carbonyl (C=O) groups excluding carboxylic acids is 1. The molecule has 0 saturated heterocycles. The molecule has 0 aromatic heterocycles. The Hall–Kier alpha value is -0.500. The second-order valence-corrected chi connectivity index (χ2v) is 5.41. The van der Waals surface area contributed by atoms with Crippen molar-refractivity contribution in [2.75, 3.05) is 19.3 Å². The molecule has 3 atom stereocenters. The molecule has 0 heterocycles. The normalized spacial score (nSPS) is 16.3. The number of amides is 1. The first-order chi connectivity index (χ1) is 8.40. The molecule has 0 aromatic rings. The van der Waals surface area contributed by atoms with Crippen LogP contribution in [0, 0.1) is 0 Å². The molecular formula is C11H25N3O3S. The second kappa shape index (κ2) is 9.43. The summed E-state index contributed by atoms with van der Waals surface area (Å²) in [5.41, 5.74) is 2.67. The Kier molecular flexibility index (Phi) is 9.17. The Morgan fingerprint density at radius 2 is 2.06 bits per heavy atom. The van der Waals surface area contributed by atoms with E-state index in [1.807, 2.05) is 13.8 Å². The van der Waals surface area contributed by atoms with Gasteiger partial charge >= 0.3 is 0 Å². The lowest BCUT2D eigenvalue weighted by atomic mass is 10.1. The zero-order valence-electron chi connectivity index (χ0n) is 11.6. The minimum Gasteiger partial charge on any atom is -0.390 e. The van der Waals surface area contributed by atoms with Crippen LogP contribution in [0.25, 0.3) is 0 Å². The number of carbonyl (C=O) groups is 1. The summed E-state index contributed by atoms with van der Waals surface area (Å²) in [5.74, 6) is -0.157. The van der Waals surface area contributed by atoms with E-state index in [1.54, 1.807) is 5.01 Å². The third-order valence-electron chi connectivity index (χ3n) is 2.44. The van der Waals surface area contributed by atoms with Crippen LogP contribution in [0.2, 0.25) is 0 Å². The highest BCUT2D eigenvalue weighted by Crippen LogP contribution is 2.02. The maximum atomic E-state index is 11.1. The van der Waals surface area contributed by atoms with Crippen molar-refractivity contribution in [3.8, 4) is 0 Å². The lowest BCUT2D eigenvalue weighted by Crippen LogP contribution is -2.51. The van der Waals surface area contributed by atoms with Gasteiger partial charge in [-0.15, -0.1) is 0 Å². The van der Waals surface area contributed by atoms with Crippen LogP contribution in [0.1, 0.15) is 33.6 Å². The molecule has 108 valence electrons. The van der Waals surface area contributed by atoms with Crippen molar-refractivity contribution >= 4 is 16.9 Å². The van der Waals surface area contributed by atoms with Crippen molar-refractivity contribution in [1.82, 2.24) is 15.2 Å². The summed E-state index contributed by atoms with van der Waals surface area (Å²) in [6.07, 6.45) is 2.39. The standard InChI is InChI=1S/C11H25N3O3S/c1-5-7-14(12-9(3)15)8-11(16)10(6-2)13-18(4)17/h10-11,13,16H,5-8H2,1-4H3,(H,12,15). The maximum Gasteiger partial charge on any atom is 0.231 e. The van der Waals surface area contributed by atoms with Crippen LogP contribution in [-0.2, 0) is 15.8 Å². The summed E-state index contributed by atoms with van der Waals surface area (Å²) in [6, 6.07) is -0.246. The molecule has 0 aliphatic heterocycles. The van der Waals surface area contributed by atoms with Gasteiger partial charge in [-0.2, -0.15) is 0 Å². The molecule has 0 rings (SSSR count). The number of nitrogens with one attached hydrogen (secondary N) is 2. The summed E-state index contributed by atoms with van der Waals surface area (Å²) < 4.78 is 13.9. The van der Waals surface area contributed by atoms with E-state index in [2.05, 4.69) is 10.1 Å². The number of aliphatic hydroxyl groups is 1. The number of hydrogen-bond donors (Lipinski definition) is 3. The second-order valence-electron chi connectivity index (χ2n) is 4.27. The van der Waals surface area contributed by atoms with Gasteiger partial charge in [-0.25, -0.2) is 13.9 Å². The van der Waals surface area contributed by atoms with Gasteiger partial charge in [-0.1, -0.05) is 13.8 Å². The van der Waals surface area contributed by atoms with E-state index in [0.717, 1.165) is 6.42 Å². The predicted octanol–water partition coefficient (Wildman–Crippen LogP) is -0.228. The predicted molar refractivity (Wildman–Crippen MR) is 73.0 cm³/mol. The van der Waals surface area contributed by atoms with Crippen molar-refractivity contribution in [2.24, 2.45) is 0 Å². The quantitative estimate of drug-likeness (QED) is 0.509. The molecule has 1 amide bonds. The molecule has 0 radical (unpaired) electrons. The van der Waals surface area contributed by atoms with Gasteiger partial charge in [0, 0.05) is 32.3 Å². The zero-order chi connectivity index (χ0) is 14.1. The summed E-state index contributed by atoms with van der Waals surface area (Å²) in [5, 5.41) is 11.8. The Balaban J connectivity index is 4.39. The third-order valence-corrected chi connectivity index (χ3v) is 3.07. The number of nitrogens with zero attached hydrogens (tertiary/aromatic N) is 1. The van der Waals surface area contributed by atoms with Gasteiger partial charge in [-0.05, 0) is 12.8 Å². The monoisotopic (exact) mass is 279 g/mol. The molecule has 0 fully saturated rings. The first-order valence-corrected chi connectivity index (χ1v) is 7.76. The molecule has 3 N–H and O–H groups in total. The average Bonchev–Trinajstić information content (AvgIpc) is 2.24. The number of aliphatic hydroxyl groups excluding tert-OH is 1.